The standard InChI is InChI=1S/C22H26OSe/c1-21(2)19-15-16-9-7-8-12-18(16)23-22(19,3)14-13-20(21)24-17-10-5-4-6-11-17/h4-12,19-20H,13-15H2,1-3H3. The minimum absolute atomic E-state index is 0.0128. The summed E-state index contributed by atoms with van der Waals surface area (Å²) in [6, 6.07) is 19.7. The average Bonchev–Trinajstić information content (AvgIpc) is 2.57. The molecule has 0 aromatic heterocycles. The molecular weight excluding hydrogens is 359 g/mol. The molecule has 1 fully saturated rings. The number of hydrogen-bond donors (Lipinski definition) is 0. The van der Waals surface area contributed by atoms with Gasteiger partial charge in [-0.3, -0.25) is 0 Å². The number of fused-ring (bicyclic) bond motifs is 2. The molecule has 1 nitrogen and oxygen atoms in total. The van der Waals surface area contributed by atoms with Gasteiger partial charge in [-0.2, -0.15) is 0 Å². The van der Waals surface area contributed by atoms with Gasteiger partial charge in [-0.15, -0.1) is 0 Å². The van der Waals surface area contributed by atoms with Gasteiger partial charge in [0.25, 0.3) is 0 Å². The van der Waals surface area contributed by atoms with Crippen molar-refractivity contribution in [3.63, 3.8) is 0 Å². The van der Waals surface area contributed by atoms with Crippen LogP contribution in [0, 0.1) is 11.3 Å². The van der Waals surface area contributed by atoms with E-state index in [-0.39, 0.29) is 5.60 Å². The molecule has 2 aliphatic rings. The molecule has 1 aliphatic heterocycles. The van der Waals surface area contributed by atoms with Gasteiger partial charge in [0.15, 0.2) is 0 Å². The molecule has 0 radical (unpaired) electrons. The van der Waals surface area contributed by atoms with Crippen molar-refractivity contribution >= 4 is 19.4 Å². The van der Waals surface area contributed by atoms with Crippen molar-refractivity contribution in [3.8, 4) is 5.75 Å². The van der Waals surface area contributed by atoms with Crippen molar-refractivity contribution in [2.24, 2.45) is 11.3 Å². The van der Waals surface area contributed by atoms with Crippen molar-refractivity contribution in [2.75, 3.05) is 0 Å². The van der Waals surface area contributed by atoms with E-state index in [0.717, 1.165) is 17.0 Å². The molecule has 0 bridgehead atoms. The van der Waals surface area contributed by atoms with Crippen LogP contribution in [0.5, 0.6) is 5.75 Å². The van der Waals surface area contributed by atoms with Crippen molar-refractivity contribution in [1.29, 1.82) is 0 Å². The third kappa shape index (κ3) is 2.70. The van der Waals surface area contributed by atoms with Crippen LogP contribution in [0.15, 0.2) is 54.6 Å². The Balaban J connectivity index is 1.64. The Hall–Kier alpha value is -1.24. The number of para-hydroxylation sites is 1. The summed E-state index contributed by atoms with van der Waals surface area (Å²) in [4.78, 5) is 0.777. The Morgan fingerprint density at radius 2 is 1.67 bits per heavy atom. The van der Waals surface area contributed by atoms with E-state index in [4.69, 9.17) is 4.74 Å². The van der Waals surface area contributed by atoms with Gasteiger partial charge in [-0.05, 0) is 0 Å². The Kier molecular flexibility index (Phi) is 4.01. The summed E-state index contributed by atoms with van der Waals surface area (Å²) in [6.07, 6.45) is 3.60. The fourth-order valence-corrected chi connectivity index (χ4v) is 7.52. The summed E-state index contributed by atoms with van der Waals surface area (Å²) in [5.74, 6) is 1.70. The molecule has 0 saturated heterocycles. The molecule has 1 heterocycles. The molecule has 2 aromatic rings. The topological polar surface area (TPSA) is 9.23 Å². The summed E-state index contributed by atoms with van der Waals surface area (Å²) in [5, 5.41) is 0. The van der Waals surface area contributed by atoms with Crippen LogP contribution in [-0.4, -0.2) is 20.6 Å². The summed E-state index contributed by atoms with van der Waals surface area (Å²) in [5.41, 5.74) is 1.68. The summed E-state index contributed by atoms with van der Waals surface area (Å²) < 4.78 is 8.10. The second-order valence-corrected chi connectivity index (χ2v) is 10.7. The number of benzene rings is 2. The molecule has 1 saturated carbocycles. The van der Waals surface area contributed by atoms with Crippen LogP contribution in [0.3, 0.4) is 0 Å². The number of hydrogen-bond acceptors (Lipinski definition) is 1. The maximum absolute atomic E-state index is 6.56. The fraction of sp³-hybridized carbons (Fsp3) is 0.455. The summed E-state index contributed by atoms with van der Waals surface area (Å²) in [6.45, 7) is 7.32. The van der Waals surface area contributed by atoms with Crippen LogP contribution in [0.4, 0.5) is 0 Å². The van der Waals surface area contributed by atoms with Crippen LogP contribution in [-0.2, 0) is 6.42 Å². The van der Waals surface area contributed by atoms with Gasteiger partial charge in [0.05, 0.1) is 0 Å². The van der Waals surface area contributed by atoms with Crippen LogP contribution in [0.1, 0.15) is 39.2 Å². The van der Waals surface area contributed by atoms with Gasteiger partial charge < -0.3 is 0 Å². The van der Waals surface area contributed by atoms with E-state index in [1.54, 1.807) is 0 Å². The van der Waals surface area contributed by atoms with Crippen molar-refractivity contribution in [2.45, 2.75) is 50.5 Å². The van der Waals surface area contributed by atoms with Crippen molar-refractivity contribution in [3.05, 3.63) is 60.2 Å². The molecule has 0 amide bonds. The van der Waals surface area contributed by atoms with Gasteiger partial charge in [-0.25, -0.2) is 0 Å². The van der Waals surface area contributed by atoms with Crippen LogP contribution in [0.25, 0.3) is 0 Å². The van der Waals surface area contributed by atoms with E-state index in [9.17, 15) is 0 Å². The first-order chi connectivity index (χ1) is 11.5. The fourth-order valence-electron chi connectivity index (χ4n) is 4.69. The van der Waals surface area contributed by atoms with Crippen molar-refractivity contribution in [1.82, 2.24) is 0 Å². The first-order valence-corrected chi connectivity index (χ1v) is 10.8. The Bertz CT molecular complexity index is 724. The van der Waals surface area contributed by atoms with Gasteiger partial charge in [-0.1, -0.05) is 0 Å². The van der Waals surface area contributed by atoms with Crippen molar-refractivity contribution < 1.29 is 4.74 Å². The molecule has 3 atom stereocenters. The first kappa shape index (κ1) is 16.2. The van der Waals surface area contributed by atoms with Crippen LogP contribution >= 0.6 is 0 Å². The molecule has 24 heavy (non-hydrogen) atoms. The third-order valence-corrected chi connectivity index (χ3v) is 9.64. The Morgan fingerprint density at radius 1 is 0.958 bits per heavy atom. The zero-order valence-corrected chi connectivity index (χ0v) is 16.5. The second-order valence-electron chi connectivity index (χ2n) is 8.06. The van der Waals surface area contributed by atoms with Gasteiger partial charge in [0.1, 0.15) is 0 Å². The number of rotatable bonds is 2. The van der Waals surface area contributed by atoms with Gasteiger partial charge >= 0.3 is 152 Å². The predicted molar refractivity (Wildman–Crippen MR) is 101 cm³/mol. The monoisotopic (exact) mass is 386 g/mol. The summed E-state index contributed by atoms with van der Waals surface area (Å²) in [7, 11) is 0. The quantitative estimate of drug-likeness (QED) is 0.685. The SMILES string of the molecule is CC12CCC([Se]c3ccccc3)C(C)(C)C1Cc1ccccc1O2. The molecule has 2 aromatic carbocycles. The van der Waals surface area contributed by atoms with Crippen LogP contribution in [0.2, 0.25) is 4.82 Å². The first-order valence-electron chi connectivity index (χ1n) is 8.98. The zero-order chi connectivity index (χ0) is 16.8. The second kappa shape index (κ2) is 5.93. The average molecular weight is 385 g/mol. The third-order valence-electron chi connectivity index (χ3n) is 6.13. The molecule has 3 unspecified atom stereocenters. The normalized spacial score (nSPS) is 30.8. The molecule has 126 valence electrons. The van der Waals surface area contributed by atoms with E-state index in [2.05, 4.69) is 75.4 Å². The molecular formula is C22H26OSe. The Morgan fingerprint density at radius 3 is 2.46 bits per heavy atom. The minimum atomic E-state index is -0.0128. The van der Waals surface area contributed by atoms with E-state index in [1.165, 1.54) is 22.9 Å². The maximum atomic E-state index is 6.56. The molecule has 0 spiro atoms. The molecule has 0 N–H and O–H groups in total. The predicted octanol–water partition coefficient (Wildman–Crippen LogP) is 4.63. The number of ether oxygens (including phenoxy) is 1. The molecule has 4 rings (SSSR count). The zero-order valence-electron chi connectivity index (χ0n) is 14.8. The molecule has 2 heteroatoms. The van der Waals surface area contributed by atoms with E-state index < -0.39 is 0 Å². The van der Waals surface area contributed by atoms with E-state index >= 15 is 0 Å². The van der Waals surface area contributed by atoms with E-state index in [1.807, 2.05) is 0 Å². The van der Waals surface area contributed by atoms with Gasteiger partial charge in [0, 0.05) is 0 Å². The molecule has 1 aliphatic carbocycles. The van der Waals surface area contributed by atoms with Gasteiger partial charge in [0.2, 0.25) is 0 Å². The van der Waals surface area contributed by atoms with E-state index in [0.29, 0.717) is 26.3 Å². The van der Waals surface area contributed by atoms with Crippen LogP contribution < -0.4 is 9.20 Å². The summed E-state index contributed by atoms with van der Waals surface area (Å²) >= 11 is 0.531. The Labute approximate surface area is 152 Å².